The summed E-state index contributed by atoms with van der Waals surface area (Å²) >= 11 is 0. The third kappa shape index (κ3) is 3.16. The zero-order valence-electron chi connectivity index (χ0n) is 7.64. The number of anilines is 1. The predicted octanol–water partition coefficient (Wildman–Crippen LogP) is 1.47. The largest absolute Gasteiger partial charge is 0.399 e. The van der Waals surface area contributed by atoms with Crippen molar-refractivity contribution in [2.75, 3.05) is 5.73 Å². The van der Waals surface area contributed by atoms with Crippen molar-refractivity contribution in [3.8, 4) is 0 Å². The first-order valence-corrected chi connectivity index (χ1v) is 4.04. The lowest BCUT2D eigenvalue weighted by atomic mass is 10.0. The lowest BCUT2D eigenvalue weighted by Crippen LogP contribution is -2.19. The van der Waals surface area contributed by atoms with Gasteiger partial charge in [0.25, 0.3) is 0 Å². The quantitative estimate of drug-likeness (QED) is 0.738. The van der Waals surface area contributed by atoms with Crippen LogP contribution in [-0.2, 0) is 6.42 Å². The van der Waals surface area contributed by atoms with Crippen LogP contribution in [0.15, 0.2) is 18.2 Å². The van der Waals surface area contributed by atoms with E-state index in [1.807, 2.05) is 0 Å². The van der Waals surface area contributed by atoms with E-state index in [-0.39, 0.29) is 16.8 Å². The van der Waals surface area contributed by atoms with Gasteiger partial charge < -0.3 is 11.5 Å². The molecule has 1 aromatic rings. The van der Waals surface area contributed by atoms with Crippen LogP contribution >= 0.6 is 0 Å². The molecule has 0 aliphatic rings. The molecule has 0 unspecified atom stereocenters. The monoisotopic (exact) mass is 218 g/mol. The first-order valence-electron chi connectivity index (χ1n) is 4.04. The van der Waals surface area contributed by atoms with Gasteiger partial charge in [0.15, 0.2) is 0 Å². The highest BCUT2D eigenvalue weighted by Crippen LogP contribution is 2.24. The van der Waals surface area contributed by atoms with Crippen molar-refractivity contribution in [3.05, 3.63) is 29.3 Å². The van der Waals surface area contributed by atoms with E-state index in [1.54, 1.807) is 0 Å². The number of nitrogen functional groups attached to an aromatic ring is 1. The van der Waals surface area contributed by atoms with Gasteiger partial charge in [-0.15, -0.1) is 0 Å². The standard InChI is InChI=1S/C9H9F3N2O/c10-9(11,12)4-5-1-2-6(13)3-7(5)8(14)15/h1-3H,4,13H2,(H2,14,15). The highest BCUT2D eigenvalue weighted by molar-refractivity contribution is 5.95. The van der Waals surface area contributed by atoms with Gasteiger partial charge in [-0.1, -0.05) is 6.07 Å². The summed E-state index contributed by atoms with van der Waals surface area (Å²) in [5.41, 5.74) is 10.1. The van der Waals surface area contributed by atoms with Crippen LogP contribution < -0.4 is 11.5 Å². The van der Waals surface area contributed by atoms with E-state index in [9.17, 15) is 18.0 Å². The van der Waals surface area contributed by atoms with Gasteiger partial charge in [-0.25, -0.2) is 0 Å². The molecule has 4 N–H and O–H groups in total. The van der Waals surface area contributed by atoms with Crippen molar-refractivity contribution in [3.63, 3.8) is 0 Å². The van der Waals surface area contributed by atoms with Crippen LogP contribution in [0.4, 0.5) is 18.9 Å². The van der Waals surface area contributed by atoms with Crippen molar-refractivity contribution in [1.29, 1.82) is 0 Å². The van der Waals surface area contributed by atoms with E-state index in [4.69, 9.17) is 11.5 Å². The zero-order valence-corrected chi connectivity index (χ0v) is 7.64. The number of rotatable bonds is 2. The maximum absolute atomic E-state index is 12.1. The number of halogens is 3. The number of hydrogen-bond acceptors (Lipinski definition) is 2. The van der Waals surface area contributed by atoms with Crippen LogP contribution in [-0.4, -0.2) is 12.1 Å². The van der Waals surface area contributed by atoms with Crippen LogP contribution in [0.5, 0.6) is 0 Å². The molecule has 1 aromatic carbocycles. The van der Waals surface area contributed by atoms with Gasteiger partial charge in [-0.2, -0.15) is 13.2 Å². The zero-order chi connectivity index (χ0) is 11.6. The number of nitrogens with two attached hydrogens (primary N) is 2. The molecule has 3 nitrogen and oxygen atoms in total. The Balaban J connectivity index is 3.12. The average Bonchev–Trinajstić information content (AvgIpc) is 2.05. The fourth-order valence-electron chi connectivity index (χ4n) is 1.19. The van der Waals surface area contributed by atoms with E-state index in [0.717, 1.165) is 12.1 Å². The van der Waals surface area contributed by atoms with Gasteiger partial charge in [0.1, 0.15) is 0 Å². The molecule has 0 fully saturated rings. The molecule has 0 saturated heterocycles. The molecule has 0 saturated carbocycles. The molecule has 0 aliphatic heterocycles. The molecule has 82 valence electrons. The Kier molecular flexibility index (Phi) is 2.88. The topological polar surface area (TPSA) is 69.1 Å². The van der Waals surface area contributed by atoms with E-state index in [2.05, 4.69) is 0 Å². The average molecular weight is 218 g/mol. The summed E-state index contributed by atoms with van der Waals surface area (Å²) in [5.74, 6) is -0.915. The van der Waals surface area contributed by atoms with E-state index < -0.39 is 18.5 Å². The molecule has 0 aromatic heterocycles. The first-order chi connectivity index (χ1) is 6.79. The summed E-state index contributed by atoms with van der Waals surface area (Å²) in [6.45, 7) is 0. The molecule has 0 radical (unpaired) electrons. The van der Waals surface area contributed by atoms with Crippen LogP contribution in [0.3, 0.4) is 0 Å². The Bertz CT molecular complexity index is 387. The predicted molar refractivity (Wildman–Crippen MR) is 49.1 cm³/mol. The molecule has 15 heavy (non-hydrogen) atoms. The minimum Gasteiger partial charge on any atom is -0.399 e. The molecule has 1 rings (SSSR count). The summed E-state index contributed by atoms with van der Waals surface area (Å²) in [6, 6.07) is 3.60. The van der Waals surface area contributed by atoms with Crippen molar-refractivity contribution < 1.29 is 18.0 Å². The smallest absolute Gasteiger partial charge is 0.393 e. The van der Waals surface area contributed by atoms with Gasteiger partial charge >= 0.3 is 6.18 Å². The van der Waals surface area contributed by atoms with Crippen LogP contribution in [0, 0.1) is 0 Å². The molecule has 0 bridgehead atoms. The normalized spacial score (nSPS) is 11.4. The number of carbonyl (C=O) groups excluding carboxylic acids is 1. The second kappa shape index (κ2) is 3.80. The number of alkyl halides is 3. The van der Waals surface area contributed by atoms with Gasteiger partial charge in [0.2, 0.25) is 5.91 Å². The fourth-order valence-corrected chi connectivity index (χ4v) is 1.19. The Morgan fingerprint density at radius 1 is 1.33 bits per heavy atom. The number of benzene rings is 1. The van der Waals surface area contributed by atoms with Crippen LogP contribution in [0.2, 0.25) is 0 Å². The van der Waals surface area contributed by atoms with Crippen molar-refractivity contribution in [2.45, 2.75) is 12.6 Å². The Hall–Kier alpha value is -1.72. The van der Waals surface area contributed by atoms with E-state index >= 15 is 0 Å². The summed E-state index contributed by atoms with van der Waals surface area (Å²) in [5, 5.41) is 0. The maximum atomic E-state index is 12.1. The summed E-state index contributed by atoms with van der Waals surface area (Å²) in [6.07, 6.45) is -5.56. The Morgan fingerprint density at radius 2 is 1.93 bits per heavy atom. The molecule has 0 atom stereocenters. The first kappa shape index (κ1) is 11.4. The number of amides is 1. The number of hydrogen-bond donors (Lipinski definition) is 2. The third-order valence-electron chi connectivity index (χ3n) is 1.79. The van der Waals surface area contributed by atoms with Gasteiger partial charge in [-0.3, -0.25) is 4.79 Å². The summed E-state index contributed by atoms with van der Waals surface area (Å²) in [7, 11) is 0. The highest BCUT2D eigenvalue weighted by atomic mass is 19.4. The van der Waals surface area contributed by atoms with Gasteiger partial charge in [0.05, 0.1) is 6.42 Å². The molecular weight excluding hydrogens is 209 g/mol. The van der Waals surface area contributed by atoms with Crippen LogP contribution in [0.1, 0.15) is 15.9 Å². The summed E-state index contributed by atoms with van der Waals surface area (Å²) < 4.78 is 36.3. The third-order valence-corrected chi connectivity index (χ3v) is 1.79. The SMILES string of the molecule is NC(=O)c1cc(N)ccc1CC(F)(F)F. The highest BCUT2D eigenvalue weighted by Gasteiger charge is 2.29. The van der Waals surface area contributed by atoms with E-state index in [1.165, 1.54) is 6.07 Å². The van der Waals surface area contributed by atoms with Crippen molar-refractivity contribution in [2.24, 2.45) is 5.73 Å². The molecule has 0 spiro atoms. The lowest BCUT2D eigenvalue weighted by molar-refractivity contribution is -0.127. The van der Waals surface area contributed by atoms with Crippen molar-refractivity contribution >= 4 is 11.6 Å². The molecule has 0 heterocycles. The van der Waals surface area contributed by atoms with Gasteiger partial charge in [-0.05, 0) is 17.7 Å². The Labute approximate surface area is 83.9 Å². The lowest BCUT2D eigenvalue weighted by Gasteiger charge is -2.10. The number of carbonyl (C=O) groups is 1. The van der Waals surface area contributed by atoms with Gasteiger partial charge in [0, 0.05) is 11.3 Å². The minimum atomic E-state index is -4.37. The van der Waals surface area contributed by atoms with Crippen LogP contribution in [0.25, 0.3) is 0 Å². The fraction of sp³-hybridized carbons (Fsp3) is 0.222. The Morgan fingerprint density at radius 3 is 2.40 bits per heavy atom. The maximum Gasteiger partial charge on any atom is 0.393 e. The molecule has 6 heteroatoms. The molecular formula is C9H9F3N2O. The van der Waals surface area contributed by atoms with Crippen molar-refractivity contribution in [1.82, 2.24) is 0 Å². The minimum absolute atomic E-state index is 0.163. The second-order valence-electron chi connectivity index (χ2n) is 3.07. The van der Waals surface area contributed by atoms with E-state index in [0.29, 0.717) is 0 Å². The number of primary amides is 1. The second-order valence-corrected chi connectivity index (χ2v) is 3.07. The summed E-state index contributed by atoms with van der Waals surface area (Å²) in [4.78, 5) is 10.9. The molecule has 1 amide bonds. The molecule has 0 aliphatic carbocycles.